The number of hydrogen-bond acceptors (Lipinski definition) is 2. The third kappa shape index (κ3) is 3.75. The average Bonchev–Trinajstić information content (AvgIpc) is 2.10. The maximum atomic E-state index is 8.70. The van der Waals surface area contributed by atoms with Crippen molar-refractivity contribution < 1.29 is 5.11 Å². The minimum atomic E-state index is -0.126. The number of benzene rings is 1. The van der Waals surface area contributed by atoms with Gasteiger partial charge in [0.2, 0.25) is 0 Å². The molecule has 14 heavy (non-hydrogen) atoms. The number of aliphatic hydroxyl groups is 1. The Balaban J connectivity index is 0.00000169. The Morgan fingerprint density at radius 3 is 2.64 bits per heavy atom. The van der Waals surface area contributed by atoms with E-state index in [9.17, 15) is 0 Å². The van der Waals surface area contributed by atoms with Gasteiger partial charge in [-0.2, -0.15) is 0 Å². The van der Waals surface area contributed by atoms with E-state index in [1.54, 1.807) is 6.07 Å². The van der Waals surface area contributed by atoms with E-state index in [1.807, 2.05) is 12.1 Å². The van der Waals surface area contributed by atoms with Gasteiger partial charge in [0.05, 0.1) is 5.02 Å². The van der Waals surface area contributed by atoms with E-state index in [1.165, 1.54) is 0 Å². The molecule has 0 aromatic heterocycles. The summed E-state index contributed by atoms with van der Waals surface area (Å²) in [6.07, 6.45) is 0.564. The molecule has 0 amide bonds. The van der Waals surface area contributed by atoms with Crippen molar-refractivity contribution in [3.63, 3.8) is 0 Å². The van der Waals surface area contributed by atoms with E-state index in [2.05, 4.69) is 15.9 Å². The molecule has 0 saturated heterocycles. The summed E-state index contributed by atoms with van der Waals surface area (Å²) in [5, 5.41) is 9.37. The second-order valence-corrected chi connectivity index (χ2v) is 4.05. The summed E-state index contributed by atoms with van der Waals surface area (Å²) in [4.78, 5) is 0. The van der Waals surface area contributed by atoms with Crippen LogP contribution in [0.5, 0.6) is 0 Å². The Morgan fingerprint density at radius 1 is 1.50 bits per heavy atom. The van der Waals surface area contributed by atoms with E-state index in [4.69, 9.17) is 22.4 Å². The predicted octanol–water partition coefficient (Wildman–Crippen LogP) is 2.91. The van der Waals surface area contributed by atoms with E-state index in [0.29, 0.717) is 11.4 Å². The first-order valence-corrected chi connectivity index (χ1v) is 5.13. The van der Waals surface area contributed by atoms with Crippen LogP contribution in [0.25, 0.3) is 0 Å². The molecule has 1 aromatic rings. The zero-order valence-electron chi connectivity index (χ0n) is 7.41. The highest BCUT2D eigenvalue weighted by molar-refractivity contribution is 9.10. The molecule has 0 unspecified atom stereocenters. The monoisotopic (exact) mass is 299 g/mol. The van der Waals surface area contributed by atoms with Gasteiger partial charge in [-0.1, -0.05) is 17.7 Å². The van der Waals surface area contributed by atoms with Crippen LogP contribution in [-0.2, 0) is 0 Å². The first-order valence-electron chi connectivity index (χ1n) is 3.96. The Hall–Kier alpha value is 0.200. The van der Waals surface area contributed by atoms with Crippen LogP contribution < -0.4 is 5.73 Å². The topological polar surface area (TPSA) is 46.2 Å². The lowest BCUT2D eigenvalue weighted by Crippen LogP contribution is -2.11. The van der Waals surface area contributed by atoms with Crippen molar-refractivity contribution in [3.8, 4) is 0 Å². The number of halogens is 3. The number of hydrogen-bond donors (Lipinski definition) is 2. The Labute approximate surface area is 103 Å². The summed E-state index contributed by atoms with van der Waals surface area (Å²) in [6, 6.07) is 5.41. The van der Waals surface area contributed by atoms with Crippen LogP contribution >= 0.6 is 39.9 Å². The molecule has 0 aliphatic rings. The fourth-order valence-electron chi connectivity index (χ4n) is 1.05. The van der Waals surface area contributed by atoms with E-state index >= 15 is 0 Å². The minimum Gasteiger partial charge on any atom is -0.396 e. The van der Waals surface area contributed by atoms with Crippen molar-refractivity contribution in [2.24, 2.45) is 5.73 Å². The second-order valence-electron chi connectivity index (χ2n) is 2.79. The molecule has 0 aliphatic heterocycles. The largest absolute Gasteiger partial charge is 0.396 e. The molecular formula is C9H12BrCl2NO. The molecule has 0 saturated carbocycles. The van der Waals surface area contributed by atoms with Gasteiger partial charge in [-0.05, 0) is 40.0 Å². The van der Waals surface area contributed by atoms with Gasteiger partial charge < -0.3 is 10.8 Å². The summed E-state index contributed by atoms with van der Waals surface area (Å²) in [7, 11) is 0. The van der Waals surface area contributed by atoms with Gasteiger partial charge in [-0.3, -0.25) is 0 Å². The van der Waals surface area contributed by atoms with Crippen LogP contribution in [0.3, 0.4) is 0 Å². The summed E-state index contributed by atoms with van der Waals surface area (Å²) >= 11 is 9.14. The fraction of sp³-hybridized carbons (Fsp3) is 0.333. The first kappa shape index (κ1) is 14.2. The number of nitrogens with two attached hydrogens (primary N) is 1. The number of rotatable bonds is 3. The summed E-state index contributed by atoms with van der Waals surface area (Å²) in [5.41, 5.74) is 6.78. The standard InChI is InChI=1S/C9H11BrClNO.ClH/c10-7-5-6(1-2-8(7)11)9(12)3-4-13;/h1-2,5,9,13H,3-4,12H2;1H/t9-;/m1./s1. The molecule has 5 heteroatoms. The fourth-order valence-corrected chi connectivity index (χ4v) is 1.56. The average molecular weight is 301 g/mol. The van der Waals surface area contributed by atoms with Crippen molar-refractivity contribution in [1.29, 1.82) is 0 Å². The van der Waals surface area contributed by atoms with Crippen LogP contribution in [0.15, 0.2) is 22.7 Å². The third-order valence-electron chi connectivity index (χ3n) is 1.81. The normalized spacial score (nSPS) is 12.0. The van der Waals surface area contributed by atoms with Gasteiger partial charge in [0.1, 0.15) is 0 Å². The summed E-state index contributed by atoms with van der Waals surface area (Å²) < 4.78 is 0.833. The minimum absolute atomic E-state index is 0. The SMILES string of the molecule is Cl.N[C@H](CCO)c1ccc(Cl)c(Br)c1. The first-order chi connectivity index (χ1) is 6.15. The zero-order valence-corrected chi connectivity index (χ0v) is 10.6. The lowest BCUT2D eigenvalue weighted by molar-refractivity contribution is 0.276. The number of aliphatic hydroxyl groups excluding tert-OH is 1. The molecule has 0 aliphatic carbocycles. The van der Waals surface area contributed by atoms with Gasteiger partial charge in [0.15, 0.2) is 0 Å². The van der Waals surface area contributed by atoms with Gasteiger partial charge >= 0.3 is 0 Å². The van der Waals surface area contributed by atoms with Gasteiger partial charge in [-0.15, -0.1) is 12.4 Å². The molecule has 0 heterocycles. The maximum absolute atomic E-state index is 8.70. The van der Waals surface area contributed by atoms with E-state index in [0.717, 1.165) is 10.0 Å². The molecule has 2 nitrogen and oxygen atoms in total. The van der Waals surface area contributed by atoms with E-state index in [-0.39, 0.29) is 25.1 Å². The molecule has 0 radical (unpaired) electrons. The van der Waals surface area contributed by atoms with Crippen LogP contribution in [-0.4, -0.2) is 11.7 Å². The van der Waals surface area contributed by atoms with Crippen molar-refractivity contribution in [3.05, 3.63) is 33.3 Å². The molecule has 0 fully saturated rings. The quantitative estimate of drug-likeness (QED) is 0.901. The lowest BCUT2D eigenvalue weighted by atomic mass is 10.1. The van der Waals surface area contributed by atoms with Crippen molar-refractivity contribution in [2.75, 3.05) is 6.61 Å². The molecule has 0 spiro atoms. The van der Waals surface area contributed by atoms with Crippen LogP contribution in [0, 0.1) is 0 Å². The molecule has 1 atom stereocenters. The third-order valence-corrected chi connectivity index (χ3v) is 3.03. The van der Waals surface area contributed by atoms with E-state index < -0.39 is 0 Å². The van der Waals surface area contributed by atoms with Crippen molar-refractivity contribution >= 4 is 39.9 Å². The second kappa shape index (κ2) is 6.64. The smallest absolute Gasteiger partial charge is 0.0548 e. The maximum Gasteiger partial charge on any atom is 0.0548 e. The summed E-state index contributed by atoms with van der Waals surface area (Å²) in [6.45, 7) is 0.0986. The van der Waals surface area contributed by atoms with Crippen molar-refractivity contribution in [2.45, 2.75) is 12.5 Å². The van der Waals surface area contributed by atoms with Crippen molar-refractivity contribution in [1.82, 2.24) is 0 Å². The zero-order chi connectivity index (χ0) is 9.84. The highest BCUT2D eigenvalue weighted by atomic mass is 79.9. The molecule has 1 rings (SSSR count). The molecule has 1 aromatic carbocycles. The molecular weight excluding hydrogens is 289 g/mol. The van der Waals surface area contributed by atoms with Crippen LogP contribution in [0.2, 0.25) is 5.02 Å². The molecule has 3 N–H and O–H groups in total. The van der Waals surface area contributed by atoms with Gasteiger partial charge in [-0.25, -0.2) is 0 Å². The van der Waals surface area contributed by atoms with Crippen LogP contribution in [0.1, 0.15) is 18.0 Å². The lowest BCUT2D eigenvalue weighted by Gasteiger charge is -2.10. The molecule has 0 bridgehead atoms. The van der Waals surface area contributed by atoms with Crippen LogP contribution in [0.4, 0.5) is 0 Å². The highest BCUT2D eigenvalue weighted by Gasteiger charge is 2.06. The predicted molar refractivity (Wildman–Crippen MR) is 65.0 cm³/mol. The summed E-state index contributed by atoms with van der Waals surface area (Å²) in [5.74, 6) is 0. The molecule has 80 valence electrons. The van der Waals surface area contributed by atoms with Gasteiger partial charge in [0, 0.05) is 17.1 Å². The Bertz CT molecular complexity index is 296. The van der Waals surface area contributed by atoms with Gasteiger partial charge in [0.25, 0.3) is 0 Å². The Kier molecular flexibility index (Phi) is 6.74. The highest BCUT2D eigenvalue weighted by Crippen LogP contribution is 2.26. The Morgan fingerprint density at radius 2 is 2.14 bits per heavy atom.